The van der Waals surface area contributed by atoms with Crippen molar-refractivity contribution >= 4 is 22.4 Å². The number of hydrogen-bond donors (Lipinski definition) is 1. The predicted octanol–water partition coefficient (Wildman–Crippen LogP) is 2.68. The molecule has 0 bridgehead atoms. The van der Waals surface area contributed by atoms with E-state index in [1.165, 1.54) is 11.3 Å². The highest BCUT2D eigenvalue weighted by Crippen LogP contribution is 2.28. The molecule has 1 heterocycles. The number of carbonyl (C=O) groups is 1. The average Bonchev–Trinajstić information content (AvgIpc) is 2.86. The predicted molar refractivity (Wildman–Crippen MR) is 81.3 cm³/mol. The minimum Gasteiger partial charge on any atom is -0.465 e. The first kappa shape index (κ1) is 16.9. The summed E-state index contributed by atoms with van der Waals surface area (Å²) in [6, 6.07) is 0. The molecule has 0 fully saturated rings. The number of aromatic nitrogens is 1. The van der Waals surface area contributed by atoms with E-state index in [1.807, 2.05) is 19.2 Å². The molecule has 0 aliphatic carbocycles. The fourth-order valence-electron chi connectivity index (χ4n) is 1.66. The van der Waals surface area contributed by atoms with Crippen LogP contribution < -0.4 is 5.32 Å². The van der Waals surface area contributed by atoms with E-state index in [0.29, 0.717) is 19.1 Å². The fraction of sp³-hybridized carbons (Fsp3) is 0.714. The average molecular weight is 300 g/mol. The zero-order valence-electron chi connectivity index (χ0n) is 12.9. The van der Waals surface area contributed by atoms with Crippen LogP contribution in [0, 0.1) is 5.92 Å². The Morgan fingerprint density at radius 2 is 2.25 bits per heavy atom. The minimum absolute atomic E-state index is 0.246. The Bertz CT molecular complexity index is 432. The van der Waals surface area contributed by atoms with Crippen molar-refractivity contribution in [2.45, 2.75) is 33.1 Å². The maximum atomic E-state index is 11.9. The number of anilines is 1. The largest absolute Gasteiger partial charge is 0.465 e. The molecule has 0 aromatic carbocycles. The maximum Gasteiger partial charge on any atom is 0.317 e. The lowest BCUT2D eigenvalue weighted by Gasteiger charge is -2.19. The summed E-state index contributed by atoms with van der Waals surface area (Å²) in [6.45, 7) is 9.45. The SMILES string of the molecule is CCOC(=O)C(C)(C)c1csc(NCC(C)COC)n1. The van der Waals surface area contributed by atoms with Crippen molar-refractivity contribution in [3.05, 3.63) is 11.1 Å². The van der Waals surface area contributed by atoms with E-state index in [1.54, 1.807) is 14.0 Å². The van der Waals surface area contributed by atoms with Crippen LogP contribution in [0.2, 0.25) is 0 Å². The fourth-order valence-corrected chi connectivity index (χ4v) is 2.55. The van der Waals surface area contributed by atoms with Crippen molar-refractivity contribution in [2.24, 2.45) is 5.92 Å². The Morgan fingerprint density at radius 1 is 1.55 bits per heavy atom. The lowest BCUT2D eigenvalue weighted by molar-refractivity contribution is -0.148. The first-order chi connectivity index (χ1) is 9.41. The number of rotatable bonds is 8. The zero-order chi connectivity index (χ0) is 15.2. The van der Waals surface area contributed by atoms with Crippen LogP contribution in [0.3, 0.4) is 0 Å². The maximum absolute atomic E-state index is 11.9. The van der Waals surface area contributed by atoms with Gasteiger partial charge in [-0.1, -0.05) is 6.92 Å². The second-order valence-electron chi connectivity index (χ2n) is 5.32. The molecular formula is C14H24N2O3S. The molecule has 5 nitrogen and oxygen atoms in total. The van der Waals surface area contributed by atoms with Gasteiger partial charge in [0.1, 0.15) is 5.41 Å². The molecule has 1 aromatic rings. The van der Waals surface area contributed by atoms with E-state index < -0.39 is 5.41 Å². The van der Waals surface area contributed by atoms with E-state index in [-0.39, 0.29) is 5.97 Å². The number of ether oxygens (including phenoxy) is 2. The summed E-state index contributed by atoms with van der Waals surface area (Å²) >= 11 is 1.50. The molecule has 6 heteroatoms. The number of esters is 1. The number of carbonyl (C=O) groups excluding carboxylic acids is 1. The molecule has 1 atom stereocenters. The number of nitrogens with one attached hydrogen (secondary N) is 1. The van der Waals surface area contributed by atoms with Gasteiger partial charge in [0.25, 0.3) is 0 Å². The Kier molecular flexibility index (Phi) is 6.42. The summed E-state index contributed by atoms with van der Waals surface area (Å²) in [5.74, 6) is 0.162. The van der Waals surface area contributed by atoms with Crippen LogP contribution in [0.4, 0.5) is 5.13 Å². The molecule has 0 aliphatic heterocycles. The summed E-state index contributed by atoms with van der Waals surface area (Å²) in [5.41, 5.74) is 0.0211. The van der Waals surface area contributed by atoms with E-state index in [2.05, 4.69) is 17.2 Å². The van der Waals surface area contributed by atoms with Gasteiger partial charge in [0.15, 0.2) is 5.13 Å². The van der Waals surface area contributed by atoms with Crippen molar-refractivity contribution < 1.29 is 14.3 Å². The van der Waals surface area contributed by atoms with Gasteiger partial charge >= 0.3 is 5.97 Å². The number of thiazole rings is 1. The van der Waals surface area contributed by atoms with Gasteiger partial charge < -0.3 is 14.8 Å². The van der Waals surface area contributed by atoms with Gasteiger partial charge in [0.2, 0.25) is 0 Å². The smallest absolute Gasteiger partial charge is 0.317 e. The molecule has 1 rings (SSSR count). The Morgan fingerprint density at radius 3 is 2.85 bits per heavy atom. The zero-order valence-corrected chi connectivity index (χ0v) is 13.7. The Hall–Kier alpha value is -1.14. The summed E-state index contributed by atoms with van der Waals surface area (Å²) in [4.78, 5) is 16.4. The standard InChI is InChI=1S/C14H24N2O3S/c1-6-19-12(17)14(3,4)11-9-20-13(16-11)15-7-10(2)8-18-5/h9-10H,6-8H2,1-5H3,(H,15,16). The third kappa shape index (κ3) is 4.45. The summed E-state index contributed by atoms with van der Waals surface area (Å²) < 4.78 is 10.2. The van der Waals surface area contributed by atoms with Gasteiger partial charge in [0.05, 0.1) is 18.9 Å². The molecular weight excluding hydrogens is 276 g/mol. The van der Waals surface area contributed by atoms with Crippen molar-refractivity contribution in [1.82, 2.24) is 4.98 Å². The monoisotopic (exact) mass is 300 g/mol. The second-order valence-corrected chi connectivity index (χ2v) is 6.18. The molecule has 0 saturated carbocycles. The van der Waals surface area contributed by atoms with Gasteiger partial charge in [-0.15, -0.1) is 11.3 Å². The molecule has 114 valence electrons. The van der Waals surface area contributed by atoms with E-state index >= 15 is 0 Å². The summed E-state index contributed by atoms with van der Waals surface area (Å²) in [5, 5.41) is 5.99. The van der Waals surface area contributed by atoms with Gasteiger partial charge in [-0.2, -0.15) is 0 Å². The Labute approximate surface area is 124 Å². The molecule has 0 saturated heterocycles. The van der Waals surface area contributed by atoms with Crippen molar-refractivity contribution in [1.29, 1.82) is 0 Å². The second kappa shape index (κ2) is 7.59. The number of hydrogen-bond acceptors (Lipinski definition) is 6. The summed E-state index contributed by atoms with van der Waals surface area (Å²) in [7, 11) is 1.69. The lowest BCUT2D eigenvalue weighted by Crippen LogP contribution is -2.31. The quantitative estimate of drug-likeness (QED) is 0.748. The van der Waals surface area contributed by atoms with E-state index in [9.17, 15) is 4.79 Å². The van der Waals surface area contributed by atoms with Gasteiger partial charge in [-0.05, 0) is 26.7 Å². The van der Waals surface area contributed by atoms with Crippen molar-refractivity contribution in [2.75, 3.05) is 32.2 Å². The summed E-state index contributed by atoms with van der Waals surface area (Å²) in [6.07, 6.45) is 0. The molecule has 0 spiro atoms. The van der Waals surface area contributed by atoms with Crippen LogP contribution in [0.15, 0.2) is 5.38 Å². The van der Waals surface area contributed by atoms with E-state index in [4.69, 9.17) is 9.47 Å². The highest BCUT2D eigenvalue weighted by atomic mass is 32.1. The molecule has 1 unspecified atom stereocenters. The van der Waals surface area contributed by atoms with Crippen LogP contribution in [-0.4, -0.2) is 37.8 Å². The lowest BCUT2D eigenvalue weighted by atomic mass is 9.90. The molecule has 0 radical (unpaired) electrons. The minimum atomic E-state index is -0.718. The highest BCUT2D eigenvalue weighted by Gasteiger charge is 2.33. The van der Waals surface area contributed by atoms with Gasteiger partial charge in [0, 0.05) is 19.0 Å². The molecule has 20 heavy (non-hydrogen) atoms. The van der Waals surface area contributed by atoms with E-state index in [0.717, 1.165) is 17.4 Å². The van der Waals surface area contributed by atoms with Crippen molar-refractivity contribution in [3.8, 4) is 0 Å². The normalized spacial score (nSPS) is 13.1. The third-order valence-electron chi connectivity index (χ3n) is 2.98. The van der Waals surface area contributed by atoms with Crippen LogP contribution in [-0.2, 0) is 19.7 Å². The number of methoxy groups -OCH3 is 1. The number of nitrogens with zero attached hydrogens (tertiary/aromatic N) is 1. The van der Waals surface area contributed by atoms with Crippen molar-refractivity contribution in [3.63, 3.8) is 0 Å². The molecule has 1 aromatic heterocycles. The highest BCUT2D eigenvalue weighted by molar-refractivity contribution is 7.13. The molecule has 0 amide bonds. The van der Waals surface area contributed by atoms with Crippen LogP contribution >= 0.6 is 11.3 Å². The third-order valence-corrected chi connectivity index (χ3v) is 3.78. The Balaban J connectivity index is 2.64. The first-order valence-electron chi connectivity index (χ1n) is 6.77. The molecule has 1 N–H and O–H groups in total. The van der Waals surface area contributed by atoms with Gasteiger partial charge in [-0.25, -0.2) is 4.98 Å². The van der Waals surface area contributed by atoms with Crippen LogP contribution in [0.25, 0.3) is 0 Å². The topological polar surface area (TPSA) is 60.5 Å². The molecule has 0 aliphatic rings. The first-order valence-corrected chi connectivity index (χ1v) is 7.65. The van der Waals surface area contributed by atoms with Crippen LogP contribution in [0.5, 0.6) is 0 Å². The van der Waals surface area contributed by atoms with Crippen LogP contribution in [0.1, 0.15) is 33.4 Å². The van der Waals surface area contributed by atoms with Gasteiger partial charge in [-0.3, -0.25) is 4.79 Å².